The first-order valence-electron chi connectivity index (χ1n) is 7.13. The molecule has 0 amide bonds. The first-order valence-corrected chi connectivity index (χ1v) is 7.13. The quantitative estimate of drug-likeness (QED) is 0.793. The number of rotatable bonds is 2. The molecule has 3 rings (SSSR count). The summed E-state index contributed by atoms with van der Waals surface area (Å²) in [5, 5.41) is 1.02. The lowest BCUT2D eigenvalue weighted by molar-refractivity contribution is 0.00578. The van der Waals surface area contributed by atoms with Crippen LogP contribution in [0.1, 0.15) is 33.3 Å². The van der Waals surface area contributed by atoms with Gasteiger partial charge in [0.25, 0.3) is 0 Å². The van der Waals surface area contributed by atoms with Crippen molar-refractivity contribution in [2.75, 3.05) is 0 Å². The molecule has 0 spiro atoms. The van der Waals surface area contributed by atoms with Gasteiger partial charge in [-0.15, -0.1) is 0 Å². The molecular weight excluding hydrogens is 263 g/mol. The highest BCUT2D eigenvalue weighted by molar-refractivity contribution is 6.52. The average Bonchev–Trinajstić information content (AvgIpc) is 2.64. The molecule has 1 fully saturated rings. The number of fused-ring (bicyclic) bond motifs is 1. The standard InChI is InChI=1S/C16H19BN2O2/c1-15(2)16(3,4)21-17(20-15)9-7-12-8-11-19-14-13(12)6-5-10-18-14/h5-11H,1-4H3/b9-7+. The Kier molecular flexibility index (Phi) is 3.34. The number of nitrogens with zero attached hydrogens (tertiary/aromatic N) is 2. The molecule has 1 aliphatic heterocycles. The first-order chi connectivity index (χ1) is 9.89. The minimum absolute atomic E-state index is 0.316. The van der Waals surface area contributed by atoms with E-state index in [0.29, 0.717) is 0 Å². The molecule has 0 aromatic carbocycles. The Hall–Kier alpha value is -1.72. The molecule has 0 N–H and O–H groups in total. The number of aromatic nitrogens is 2. The van der Waals surface area contributed by atoms with Crippen LogP contribution in [0.25, 0.3) is 17.1 Å². The van der Waals surface area contributed by atoms with Crippen LogP contribution < -0.4 is 0 Å². The molecule has 0 saturated carbocycles. The van der Waals surface area contributed by atoms with E-state index in [1.54, 1.807) is 12.4 Å². The van der Waals surface area contributed by atoms with E-state index < -0.39 is 0 Å². The minimum Gasteiger partial charge on any atom is -0.400 e. The molecule has 4 nitrogen and oxygen atoms in total. The van der Waals surface area contributed by atoms with E-state index in [2.05, 4.69) is 9.97 Å². The van der Waals surface area contributed by atoms with Gasteiger partial charge in [0.05, 0.1) is 11.2 Å². The van der Waals surface area contributed by atoms with Crippen molar-refractivity contribution in [3.63, 3.8) is 0 Å². The molecule has 0 aliphatic carbocycles. The van der Waals surface area contributed by atoms with Gasteiger partial charge in [-0.2, -0.15) is 0 Å². The maximum atomic E-state index is 5.96. The molecule has 21 heavy (non-hydrogen) atoms. The van der Waals surface area contributed by atoms with Crippen molar-refractivity contribution in [3.8, 4) is 0 Å². The minimum atomic E-state index is -0.338. The fraction of sp³-hybridized carbons (Fsp3) is 0.375. The molecular formula is C16H19BN2O2. The molecule has 108 valence electrons. The van der Waals surface area contributed by atoms with Crippen LogP contribution in [0.3, 0.4) is 0 Å². The van der Waals surface area contributed by atoms with Crippen molar-refractivity contribution in [1.29, 1.82) is 0 Å². The zero-order valence-corrected chi connectivity index (χ0v) is 12.8. The highest BCUT2D eigenvalue weighted by atomic mass is 16.7. The van der Waals surface area contributed by atoms with Gasteiger partial charge in [0.2, 0.25) is 0 Å². The van der Waals surface area contributed by atoms with Crippen LogP contribution in [-0.4, -0.2) is 28.3 Å². The van der Waals surface area contributed by atoms with E-state index in [-0.39, 0.29) is 18.3 Å². The maximum absolute atomic E-state index is 5.96. The molecule has 3 heterocycles. The van der Waals surface area contributed by atoms with E-state index in [1.165, 1.54) is 0 Å². The van der Waals surface area contributed by atoms with E-state index in [1.807, 2.05) is 57.9 Å². The van der Waals surface area contributed by atoms with Crippen molar-refractivity contribution < 1.29 is 9.31 Å². The monoisotopic (exact) mass is 282 g/mol. The molecule has 0 bridgehead atoms. The third kappa shape index (κ3) is 2.59. The van der Waals surface area contributed by atoms with Gasteiger partial charge in [-0.3, -0.25) is 0 Å². The fourth-order valence-corrected chi connectivity index (χ4v) is 2.30. The predicted octanol–water partition coefficient (Wildman–Crippen LogP) is 3.27. The zero-order valence-electron chi connectivity index (χ0n) is 12.8. The van der Waals surface area contributed by atoms with Crippen molar-refractivity contribution in [1.82, 2.24) is 9.97 Å². The summed E-state index contributed by atoms with van der Waals surface area (Å²) >= 11 is 0. The van der Waals surface area contributed by atoms with Gasteiger partial charge < -0.3 is 9.31 Å². The number of hydrogen-bond acceptors (Lipinski definition) is 4. The van der Waals surface area contributed by atoms with Crippen molar-refractivity contribution in [2.45, 2.75) is 38.9 Å². The summed E-state index contributed by atoms with van der Waals surface area (Å²) in [6.07, 6.45) is 5.52. The van der Waals surface area contributed by atoms with Crippen LogP contribution >= 0.6 is 0 Å². The second-order valence-corrected chi connectivity index (χ2v) is 6.26. The first kappa shape index (κ1) is 14.2. The summed E-state index contributed by atoms with van der Waals surface area (Å²) in [5.74, 6) is 1.94. The summed E-state index contributed by atoms with van der Waals surface area (Å²) in [6, 6.07) is 5.89. The molecule has 1 aliphatic rings. The second kappa shape index (κ2) is 4.93. The van der Waals surface area contributed by atoms with Gasteiger partial charge in [0.1, 0.15) is 0 Å². The van der Waals surface area contributed by atoms with Gasteiger partial charge >= 0.3 is 7.12 Å². The second-order valence-electron chi connectivity index (χ2n) is 6.26. The molecule has 5 heteroatoms. The maximum Gasteiger partial charge on any atom is 0.487 e. The lowest BCUT2D eigenvalue weighted by Gasteiger charge is -2.32. The summed E-state index contributed by atoms with van der Waals surface area (Å²) in [7, 11) is -0.338. The summed E-state index contributed by atoms with van der Waals surface area (Å²) in [6.45, 7) is 8.19. The highest BCUT2D eigenvalue weighted by Crippen LogP contribution is 2.37. The van der Waals surface area contributed by atoms with Crippen molar-refractivity contribution in [3.05, 3.63) is 42.1 Å². The van der Waals surface area contributed by atoms with E-state index in [4.69, 9.17) is 9.31 Å². The molecule has 0 radical (unpaired) electrons. The fourth-order valence-electron chi connectivity index (χ4n) is 2.30. The summed E-state index contributed by atoms with van der Waals surface area (Å²) in [5.41, 5.74) is 1.17. The molecule has 2 aromatic heterocycles. The Morgan fingerprint density at radius 3 is 2.38 bits per heavy atom. The van der Waals surface area contributed by atoms with Gasteiger partial charge in [-0.05, 0) is 51.5 Å². The molecule has 0 atom stereocenters. The molecule has 0 unspecified atom stereocenters. The normalized spacial score (nSPS) is 20.5. The van der Waals surface area contributed by atoms with Crippen LogP contribution in [0.5, 0.6) is 0 Å². The smallest absolute Gasteiger partial charge is 0.400 e. The third-order valence-corrected chi connectivity index (χ3v) is 4.25. The van der Waals surface area contributed by atoms with Crippen LogP contribution in [0.15, 0.2) is 36.6 Å². The Bertz CT molecular complexity index is 676. The average molecular weight is 282 g/mol. The van der Waals surface area contributed by atoms with Crippen LogP contribution in [0.4, 0.5) is 0 Å². The van der Waals surface area contributed by atoms with E-state index in [9.17, 15) is 0 Å². The lowest BCUT2D eigenvalue weighted by atomic mass is 9.89. The topological polar surface area (TPSA) is 44.2 Å². The summed E-state index contributed by atoms with van der Waals surface area (Å²) in [4.78, 5) is 8.52. The van der Waals surface area contributed by atoms with Crippen molar-refractivity contribution in [2.24, 2.45) is 0 Å². The SMILES string of the molecule is CC1(C)OB(/C=C/c2ccnc3ncccc23)OC1(C)C. The lowest BCUT2D eigenvalue weighted by Crippen LogP contribution is -2.41. The Balaban J connectivity index is 1.87. The van der Waals surface area contributed by atoms with Crippen LogP contribution in [0.2, 0.25) is 0 Å². The largest absolute Gasteiger partial charge is 0.487 e. The summed E-state index contributed by atoms with van der Waals surface area (Å²) < 4.78 is 11.9. The van der Waals surface area contributed by atoms with E-state index in [0.717, 1.165) is 16.6 Å². The van der Waals surface area contributed by atoms with Crippen LogP contribution in [-0.2, 0) is 9.31 Å². The third-order valence-electron chi connectivity index (χ3n) is 4.25. The Labute approximate surface area is 125 Å². The van der Waals surface area contributed by atoms with Crippen LogP contribution in [0, 0.1) is 0 Å². The molecule has 2 aromatic rings. The number of pyridine rings is 2. The van der Waals surface area contributed by atoms with Crippen molar-refractivity contribution >= 4 is 24.2 Å². The predicted molar refractivity (Wildman–Crippen MR) is 84.7 cm³/mol. The Morgan fingerprint density at radius 2 is 1.67 bits per heavy atom. The molecule has 1 saturated heterocycles. The van der Waals surface area contributed by atoms with Gasteiger partial charge in [0.15, 0.2) is 5.65 Å². The highest BCUT2D eigenvalue weighted by Gasteiger charge is 2.49. The van der Waals surface area contributed by atoms with Gasteiger partial charge in [0, 0.05) is 17.8 Å². The zero-order chi connectivity index (χ0) is 15.1. The van der Waals surface area contributed by atoms with Gasteiger partial charge in [-0.1, -0.05) is 12.1 Å². The van der Waals surface area contributed by atoms with E-state index >= 15 is 0 Å². The number of hydrogen-bond donors (Lipinski definition) is 0. The van der Waals surface area contributed by atoms with Gasteiger partial charge in [-0.25, -0.2) is 9.97 Å². The Morgan fingerprint density at radius 1 is 1.00 bits per heavy atom.